The summed E-state index contributed by atoms with van der Waals surface area (Å²) in [6.45, 7) is 6.66. The Hall–Kier alpha value is -0.230. The van der Waals surface area contributed by atoms with Gasteiger partial charge in [-0.3, -0.25) is 0 Å². The van der Waals surface area contributed by atoms with Gasteiger partial charge in [0.15, 0.2) is 0 Å². The van der Waals surface area contributed by atoms with E-state index in [2.05, 4.69) is 58.8 Å². The molecule has 1 N–H and O–H groups in total. The van der Waals surface area contributed by atoms with Gasteiger partial charge in [0.1, 0.15) is 5.01 Å². The summed E-state index contributed by atoms with van der Waals surface area (Å²) in [5.41, 5.74) is 1.31. The van der Waals surface area contributed by atoms with Crippen LogP contribution in [0, 0.1) is 0 Å². The van der Waals surface area contributed by atoms with Gasteiger partial charge in [-0.2, -0.15) is 0 Å². The minimum absolute atomic E-state index is 0.120. The first-order chi connectivity index (χ1) is 9.43. The maximum absolute atomic E-state index is 4.90. The molecule has 2 heterocycles. The third-order valence-electron chi connectivity index (χ3n) is 3.39. The first-order valence-corrected chi connectivity index (χ1v) is 9.44. The zero-order chi connectivity index (χ0) is 14.3. The molecule has 0 aromatic carbocycles. The molecular formula is C15H19BrN2S2. The van der Waals surface area contributed by atoms with Crippen LogP contribution in [0.25, 0.3) is 0 Å². The van der Waals surface area contributed by atoms with Crippen LogP contribution in [0.2, 0.25) is 0 Å². The topological polar surface area (TPSA) is 24.9 Å². The molecule has 1 aliphatic rings. The van der Waals surface area contributed by atoms with Crippen LogP contribution >= 0.6 is 38.6 Å². The lowest BCUT2D eigenvalue weighted by molar-refractivity contribution is 0.559. The van der Waals surface area contributed by atoms with Crippen molar-refractivity contribution in [3.8, 4) is 0 Å². The van der Waals surface area contributed by atoms with Crippen molar-refractivity contribution in [1.82, 2.24) is 10.3 Å². The lowest BCUT2D eigenvalue weighted by atomic mass is 9.93. The van der Waals surface area contributed by atoms with Gasteiger partial charge in [0.05, 0.1) is 11.7 Å². The van der Waals surface area contributed by atoms with E-state index >= 15 is 0 Å². The normalized spacial score (nSPS) is 17.4. The molecule has 0 saturated heterocycles. The van der Waals surface area contributed by atoms with E-state index in [9.17, 15) is 0 Å². The minimum Gasteiger partial charge on any atom is -0.301 e. The van der Waals surface area contributed by atoms with Gasteiger partial charge in [-0.15, -0.1) is 22.7 Å². The van der Waals surface area contributed by atoms with Crippen molar-refractivity contribution in [2.24, 2.45) is 0 Å². The molecule has 1 aliphatic carbocycles. The van der Waals surface area contributed by atoms with Crippen molar-refractivity contribution in [2.45, 2.75) is 51.1 Å². The zero-order valence-electron chi connectivity index (χ0n) is 11.9. The molecule has 1 fully saturated rings. The van der Waals surface area contributed by atoms with E-state index in [1.807, 2.05) is 0 Å². The standard InChI is InChI=1S/C15H19BrN2S2/c1-15(2,3)12-8-20-14(18-12)13(17-10-4-5-10)11-6-9(16)7-19-11/h6-8,10,13,17H,4-5H2,1-3H3. The van der Waals surface area contributed by atoms with Gasteiger partial charge in [-0.05, 0) is 34.8 Å². The SMILES string of the molecule is CC(C)(C)c1csc(C(NC2CC2)c2cc(Br)cs2)n1. The van der Waals surface area contributed by atoms with Crippen molar-refractivity contribution in [1.29, 1.82) is 0 Å². The summed E-state index contributed by atoms with van der Waals surface area (Å²) in [6, 6.07) is 3.13. The highest BCUT2D eigenvalue weighted by Crippen LogP contribution is 2.36. The number of aromatic nitrogens is 1. The number of rotatable bonds is 4. The highest BCUT2D eigenvalue weighted by atomic mass is 79.9. The quantitative estimate of drug-likeness (QED) is 0.808. The van der Waals surface area contributed by atoms with Crippen LogP contribution in [-0.4, -0.2) is 11.0 Å². The Morgan fingerprint density at radius 1 is 1.30 bits per heavy atom. The molecule has 0 aliphatic heterocycles. The molecule has 2 aromatic heterocycles. The van der Waals surface area contributed by atoms with Crippen LogP contribution in [0.1, 0.15) is 55.2 Å². The van der Waals surface area contributed by atoms with Crippen LogP contribution in [-0.2, 0) is 5.41 Å². The van der Waals surface area contributed by atoms with Crippen molar-refractivity contribution >= 4 is 38.6 Å². The van der Waals surface area contributed by atoms with E-state index in [-0.39, 0.29) is 11.5 Å². The summed E-state index contributed by atoms with van der Waals surface area (Å²) in [5.74, 6) is 0. The average molecular weight is 371 g/mol. The summed E-state index contributed by atoms with van der Waals surface area (Å²) in [4.78, 5) is 6.24. The maximum atomic E-state index is 4.90. The minimum atomic E-state index is 0.120. The Morgan fingerprint density at radius 3 is 2.55 bits per heavy atom. The predicted octanol–water partition coefficient (Wildman–Crippen LogP) is 5.11. The van der Waals surface area contributed by atoms with Crippen molar-refractivity contribution in [3.63, 3.8) is 0 Å². The van der Waals surface area contributed by atoms with Gasteiger partial charge >= 0.3 is 0 Å². The first-order valence-electron chi connectivity index (χ1n) is 6.89. The second-order valence-electron chi connectivity index (χ2n) is 6.36. The molecule has 0 radical (unpaired) electrons. The monoisotopic (exact) mass is 370 g/mol. The van der Waals surface area contributed by atoms with Gasteiger partial charge in [-0.25, -0.2) is 4.98 Å². The molecule has 108 valence electrons. The molecule has 0 amide bonds. The molecule has 2 nitrogen and oxygen atoms in total. The molecule has 2 aromatic rings. The number of hydrogen-bond donors (Lipinski definition) is 1. The molecule has 1 unspecified atom stereocenters. The fourth-order valence-electron chi connectivity index (χ4n) is 2.01. The molecule has 20 heavy (non-hydrogen) atoms. The molecule has 1 saturated carbocycles. The largest absolute Gasteiger partial charge is 0.301 e. The van der Waals surface area contributed by atoms with E-state index < -0.39 is 0 Å². The zero-order valence-corrected chi connectivity index (χ0v) is 15.2. The van der Waals surface area contributed by atoms with E-state index in [1.54, 1.807) is 22.7 Å². The van der Waals surface area contributed by atoms with Crippen LogP contribution in [0.15, 0.2) is 21.3 Å². The predicted molar refractivity (Wildman–Crippen MR) is 90.8 cm³/mol. The molecule has 5 heteroatoms. The third kappa shape index (κ3) is 3.32. The maximum Gasteiger partial charge on any atom is 0.115 e. The fourth-order valence-corrected chi connectivity index (χ4v) is 4.71. The van der Waals surface area contributed by atoms with Crippen molar-refractivity contribution in [3.05, 3.63) is 36.9 Å². The second kappa shape index (κ2) is 5.52. The van der Waals surface area contributed by atoms with Gasteiger partial charge in [0.2, 0.25) is 0 Å². The Kier molecular flexibility index (Phi) is 4.06. The number of nitrogens with zero attached hydrogens (tertiary/aromatic N) is 1. The number of nitrogens with one attached hydrogen (secondary N) is 1. The number of hydrogen-bond acceptors (Lipinski definition) is 4. The van der Waals surface area contributed by atoms with E-state index in [0.29, 0.717) is 6.04 Å². The Balaban J connectivity index is 1.90. The molecule has 1 atom stereocenters. The summed E-state index contributed by atoms with van der Waals surface area (Å²) >= 11 is 7.13. The molecule has 3 rings (SSSR count). The smallest absolute Gasteiger partial charge is 0.115 e. The Bertz CT molecular complexity index is 593. The van der Waals surface area contributed by atoms with Gasteiger partial charge in [0, 0.05) is 31.6 Å². The van der Waals surface area contributed by atoms with Gasteiger partial charge < -0.3 is 5.32 Å². The number of thiophene rings is 1. The van der Waals surface area contributed by atoms with E-state index in [0.717, 1.165) is 4.47 Å². The Labute approximate surface area is 136 Å². The average Bonchev–Trinajstić information content (AvgIpc) is 2.88. The fraction of sp³-hybridized carbons (Fsp3) is 0.533. The summed E-state index contributed by atoms with van der Waals surface area (Å²) in [6.07, 6.45) is 2.58. The van der Waals surface area contributed by atoms with E-state index in [1.165, 1.54) is 28.4 Å². The molecule has 0 spiro atoms. The second-order valence-corrected chi connectivity index (χ2v) is 9.11. The van der Waals surface area contributed by atoms with Crippen molar-refractivity contribution < 1.29 is 0 Å². The van der Waals surface area contributed by atoms with Crippen LogP contribution in [0.3, 0.4) is 0 Å². The van der Waals surface area contributed by atoms with Crippen LogP contribution in [0.5, 0.6) is 0 Å². The third-order valence-corrected chi connectivity index (χ3v) is 6.06. The van der Waals surface area contributed by atoms with Crippen LogP contribution < -0.4 is 5.32 Å². The lowest BCUT2D eigenvalue weighted by Gasteiger charge is -2.16. The molecule has 0 bridgehead atoms. The summed E-state index contributed by atoms with van der Waals surface area (Å²) in [5, 5.41) is 9.29. The Morgan fingerprint density at radius 2 is 2.05 bits per heavy atom. The molecular weight excluding hydrogens is 352 g/mol. The lowest BCUT2D eigenvalue weighted by Crippen LogP contribution is -2.24. The summed E-state index contributed by atoms with van der Waals surface area (Å²) < 4.78 is 1.16. The van der Waals surface area contributed by atoms with Crippen LogP contribution in [0.4, 0.5) is 0 Å². The highest BCUT2D eigenvalue weighted by Gasteiger charge is 2.29. The van der Waals surface area contributed by atoms with Gasteiger partial charge in [-0.1, -0.05) is 20.8 Å². The highest BCUT2D eigenvalue weighted by molar-refractivity contribution is 9.10. The van der Waals surface area contributed by atoms with Crippen molar-refractivity contribution in [2.75, 3.05) is 0 Å². The number of thiazole rings is 1. The number of halogens is 1. The van der Waals surface area contributed by atoms with Gasteiger partial charge in [0.25, 0.3) is 0 Å². The summed E-state index contributed by atoms with van der Waals surface area (Å²) in [7, 11) is 0. The van der Waals surface area contributed by atoms with E-state index in [4.69, 9.17) is 4.98 Å². The first kappa shape index (κ1) is 14.7.